The van der Waals surface area contributed by atoms with Gasteiger partial charge in [0.2, 0.25) is 5.82 Å². The Balaban J connectivity index is 1.95. The predicted octanol–water partition coefficient (Wildman–Crippen LogP) is 3.26. The number of rotatable bonds is 6. The van der Waals surface area contributed by atoms with Gasteiger partial charge >= 0.3 is 0 Å². The first-order valence-electron chi connectivity index (χ1n) is 8.12. The fourth-order valence-electron chi connectivity index (χ4n) is 3.42. The van der Waals surface area contributed by atoms with Gasteiger partial charge in [-0.1, -0.05) is 40.5 Å². The van der Waals surface area contributed by atoms with Crippen LogP contribution in [0.2, 0.25) is 0 Å². The van der Waals surface area contributed by atoms with Crippen molar-refractivity contribution in [1.29, 1.82) is 0 Å². The smallest absolute Gasteiger partial charge is 0.290 e. The number of amides is 1. The molecular weight excluding hydrogens is 264 g/mol. The van der Waals surface area contributed by atoms with Crippen molar-refractivity contribution < 1.29 is 4.79 Å². The topological polar surface area (TPSA) is 70.7 Å². The van der Waals surface area contributed by atoms with Crippen LogP contribution in [0.15, 0.2) is 0 Å². The van der Waals surface area contributed by atoms with E-state index in [1.54, 1.807) is 0 Å². The molecule has 1 fully saturated rings. The number of carbonyl (C=O) groups is 1. The summed E-state index contributed by atoms with van der Waals surface area (Å²) in [4.78, 5) is 16.5. The van der Waals surface area contributed by atoms with Crippen molar-refractivity contribution in [2.75, 3.05) is 6.54 Å². The van der Waals surface area contributed by atoms with E-state index in [1.165, 1.54) is 32.1 Å². The molecule has 2 N–H and O–H groups in total. The molecule has 1 aliphatic rings. The van der Waals surface area contributed by atoms with Crippen LogP contribution in [-0.4, -0.2) is 27.6 Å². The number of carbonyl (C=O) groups excluding carboxylic acids is 1. The maximum atomic E-state index is 12.2. The number of aromatic amines is 1. The molecule has 0 atom stereocenters. The quantitative estimate of drug-likeness (QED) is 0.845. The average molecular weight is 292 g/mol. The summed E-state index contributed by atoms with van der Waals surface area (Å²) in [5.41, 5.74) is 0.279. The third kappa shape index (κ3) is 4.05. The number of H-pyrrole nitrogens is 1. The zero-order valence-corrected chi connectivity index (χ0v) is 13.7. The molecule has 1 aromatic rings. The molecule has 1 saturated carbocycles. The molecule has 0 saturated heterocycles. The SMILES string of the molecule is CC(C)CC1(CNC(=O)c2n[nH]c(C(C)C)n2)CCCC1. The van der Waals surface area contributed by atoms with E-state index in [0.29, 0.717) is 5.92 Å². The highest BCUT2D eigenvalue weighted by atomic mass is 16.2. The van der Waals surface area contributed by atoms with Gasteiger partial charge in [-0.15, -0.1) is 5.10 Å². The second-order valence-electron chi connectivity index (χ2n) is 7.19. The molecule has 1 amide bonds. The van der Waals surface area contributed by atoms with E-state index in [1.807, 2.05) is 13.8 Å². The first-order valence-corrected chi connectivity index (χ1v) is 8.12. The molecule has 118 valence electrons. The minimum Gasteiger partial charge on any atom is -0.349 e. The van der Waals surface area contributed by atoms with Crippen LogP contribution in [0.1, 0.15) is 82.2 Å². The van der Waals surface area contributed by atoms with Gasteiger partial charge in [0.25, 0.3) is 5.91 Å². The Kier molecular flexibility index (Phi) is 5.01. The lowest BCUT2D eigenvalue weighted by Gasteiger charge is -2.31. The van der Waals surface area contributed by atoms with Gasteiger partial charge in [-0.25, -0.2) is 4.98 Å². The van der Waals surface area contributed by atoms with Gasteiger partial charge in [0.1, 0.15) is 5.82 Å². The van der Waals surface area contributed by atoms with Crippen molar-refractivity contribution in [2.24, 2.45) is 11.3 Å². The summed E-state index contributed by atoms with van der Waals surface area (Å²) in [6.07, 6.45) is 6.17. The first-order chi connectivity index (χ1) is 9.92. The number of nitrogens with zero attached hydrogens (tertiary/aromatic N) is 2. The van der Waals surface area contributed by atoms with Crippen LogP contribution in [0.25, 0.3) is 0 Å². The molecule has 1 aromatic heterocycles. The summed E-state index contributed by atoms with van der Waals surface area (Å²) in [7, 11) is 0. The Morgan fingerprint density at radius 1 is 1.29 bits per heavy atom. The maximum Gasteiger partial charge on any atom is 0.290 e. The molecule has 0 radical (unpaired) electrons. The number of nitrogens with one attached hydrogen (secondary N) is 2. The van der Waals surface area contributed by atoms with Crippen molar-refractivity contribution in [3.05, 3.63) is 11.6 Å². The zero-order chi connectivity index (χ0) is 15.5. The molecule has 0 aromatic carbocycles. The number of hydrogen-bond acceptors (Lipinski definition) is 3. The van der Waals surface area contributed by atoms with Gasteiger partial charge in [-0.05, 0) is 30.6 Å². The molecule has 1 aliphatic carbocycles. The molecular formula is C16H28N4O. The molecule has 1 heterocycles. The lowest BCUT2D eigenvalue weighted by Crippen LogP contribution is -2.37. The van der Waals surface area contributed by atoms with Crippen molar-refractivity contribution in [3.8, 4) is 0 Å². The van der Waals surface area contributed by atoms with E-state index in [-0.39, 0.29) is 23.1 Å². The summed E-state index contributed by atoms with van der Waals surface area (Å²) in [6, 6.07) is 0. The van der Waals surface area contributed by atoms with Gasteiger partial charge in [-0.3, -0.25) is 9.89 Å². The van der Waals surface area contributed by atoms with Crippen LogP contribution in [-0.2, 0) is 0 Å². The molecule has 0 aliphatic heterocycles. The van der Waals surface area contributed by atoms with Crippen LogP contribution in [0.3, 0.4) is 0 Å². The summed E-state index contributed by atoms with van der Waals surface area (Å²) >= 11 is 0. The van der Waals surface area contributed by atoms with Crippen LogP contribution in [0.4, 0.5) is 0 Å². The van der Waals surface area contributed by atoms with Gasteiger partial charge < -0.3 is 5.32 Å². The highest BCUT2D eigenvalue weighted by Crippen LogP contribution is 2.42. The normalized spacial score (nSPS) is 17.6. The second kappa shape index (κ2) is 6.58. The van der Waals surface area contributed by atoms with Crippen LogP contribution in [0, 0.1) is 11.3 Å². The monoisotopic (exact) mass is 292 g/mol. The lowest BCUT2D eigenvalue weighted by molar-refractivity contribution is 0.0911. The van der Waals surface area contributed by atoms with E-state index < -0.39 is 0 Å². The Labute approximate surface area is 127 Å². The second-order valence-corrected chi connectivity index (χ2v) is 7.19. The molecule has 2 rings (SSSR count). The highest BCUT2D eigenvalue weighted by molar-refractivity contribution is 5.90. The largest absolute Gasteiger partial charge is 0.349 e. The predicted molar refractivity (Wildman–Crippen MR) is 83.2 cm³/mol. The summed E-state index contributed by atoms with van der Waals surface area (Å²) < 4.78 is 0. The average Bonchev–Trinajstić information content (AvgIpc) is 3.04. The van der Waals surface area contributed by atoms with E-state index in [4.69, 9.17) is 0 Å². The van der Waals surface area contributed by atoms with Gasteiger partial charge in [0.15, 0.2) is 0 Å². The van der Waals surface area contributed by atoms with E-state index in [2.05, 4.69) is 34.3 Å². The van der Waals surface area contributed by atoms with Crippen molar-refractivity contribution in [1.82, 2.24) is 20.5 Å². The van der Waals surface area contributed by atoms with E-state index in [0.717, 1.165) is 12.4 Å². The van der Waals surface area contributed by atoms with Gasteiger partial charge in [0, 0.05) is 12.5 Å². The third-order valence-corrected chi connectivity index (χ3v) is 4.38. The minimum absolute atomic E-state index is 0.159. The summed E-state index contributed by atoms with van der Waals surface area (Å²) in [5.74, 6) is 1.78. The number of aromatic nitrogens is 3. The summed E-state index contributed by atoms with van der Waals surface area (Å²) in [5, 5.41) is 9.91. The summed E-state index contributed by atoms with van der Waals surface area (Å²) in [6.45, 7) is 9.31. The molecule has 0 unspecified atom stereocenters. The molecule has 5 nitrogen and oxygen atoms in total. The highest BCUT2D eigenvalue weighted by Gasteiger charge is 2.34. The van der Waals surface area contributed by atoms with E-state index in [9.17, 15) is 4.79 Å². The maximum absolute atomic E-state index is 12.2. The van der Waals surface area contributed by atoms with Crippen LogP contribution < -0.4 is 5.32 Å². The Morgan fingerprint density at radius 2 is 1.95 bits per heavy atom. The first kappa shape index (κ1) is 16.0. The standard InChI is InChI=1S/C16H28N4O/c1-11(2)9-16(7-5-6-8-16)10-17-15(21)14-18-13(12(3)4)19-20-14/h11-12H,5-10H2,1-4H3,(H,17,21)(H,18,19,20). The van der Waals surface area contributed by atoms with Crippen LogP contribution >= 0.6 is 0 Å². The van der Waals surface area contributed by atoms with Crippen LogP contribution in [0.5, 0.6) is 0 Å². The number of hydrogen-bond donors (Lipinski definition) is 2. The molecule has 5 heteroatoms. The minimum atomic E-state index is -0.159. The van der Waals surface area contributed by atoms with Crippen molar-refractivity contribution in [2.45, 2.75) is 65.7 Å². The zero-order valence-electron chi connectivity index (χ0n) is 13.7. The fraction of sp³-hybridized carbons (Fsp3) is 0.812. The lowest BCUT2D eigenvalue weighted by atomic mass is 9.78. The van der Waals surface area contributed by atoms with Crippen molar-refractivity contribution >= 4 is 5.91 Å². The molecule has 0 spiro atoms. The molecule has 21 heavy (non-hydrogen) atoms. The Bertz CT molecular complexity index is 472. The van der Waals surface area contributed by atoms with Gasteiger partial charge in [-0.2, -0.15) is 0 Å². The Morgan fingerprint density at radius 3 is 2.48 bits per heavy atom. The third-order valence-electron chi connectivity index (χ3n) is 4.38. The fourth-order valence-corrected chi connectivity index (χ4v) is 3.42. The molecule has 0 bridgehead atoms. The van der Waals surface area contributed by atoms with Crippen molar-refractivity contribution in [3.63, 3.8) is 0 Å². The van der Waals surface area contributed by atoms with E-state index >= 15 is 0 Å². The van der Waals surface area contributed by atoms with Gasteiger partial charge in [0.05, 0.1) is 0 Å². The Hall–Kier alpha value is -1.39.